The largest absolute Gasteiger partial charge is 0.495 e. The van der Waals surface area contributed by atoms with Crippen LogP contribution in [0, 0.1) is 0 Å². The van der Waals surface area contributed by atoms with Gasteiger partial charge in [-0.3, -0.25) is 4.79 Å². The maximum atomic E-state index is 12.4. The predicted molar refractivity (Wildman–Crippen MR) is 120 cm³/mol. The minimum Gasteiger partial charge on any atom is -0.495 e. The summed E-state index contributed by atoms with van der Waals surface area (Å²) in [6.07, 6.45) is 2.71. The maximum Gasteiger partial charge on any atom is 0.242 e. The van der Waals surface area contributed by atoms with Crippen molar-refractivity contribution >= 4 is 43.2 Å². The van der Waals surface area contributed by atoms with E-state index in [1.54, 1.807) is 17.4 Å². The Balaban J connectivity index is 1.57. The number of thiazole rings is 1. The second-order valence-corrected chi connectivity index (χ2v) is 10.2. The van der Waals surface area contributed by atoms with Crippen LogP contribution in [0.2, 0.25) is 0 Å². The van der Waals surface area contributed by atoms with Crippen molar-refractivity contribution in [1.82, 2.24) is 9.29 Å². The number of hydrogen-bond donors (Lipinski definition) is 1. The Morgan fingerprint density at radius 2 is 1.93 bits per heavy atom. The summed E-state index contributed by atoms with van der Waals surface area (Å²) in [5.74, 6) is 0.229. The maximum absolute atomic E-state index is 12.4. The molecule has 7 nitrogen and oxygen atoms in total. The van der Waals surface area contributed by atoms with Crippen molar-refractivity contribution in [3.8, 4) is 5.75 Å². The topological polar surface area (TPSA) is 88.6 Å². The fourth-order valence-corrected chi connectivity index (χ4v) is 4.89. The molecule has 1 amide bonds. The lowest BCUT2D eigenvalue weighted by molar-refractivity contribution is -0.116. The quantitative estimate of drug-likeness (QED) is 0.503. The summed E-state index contributed by atoms with van der Waals surface area (Å²) in [6.45, 7) is 0. The molecule has 9 heteroatoms. The van der Waals surface area contributed by atoms with Gasteiger partial charge in [0.1, 0.15) is 5.75 Å². The SMILES string of the molecule is COc1ccc(S(=O)(=O)N(C)C)cc1NC(=O)CCCCc1nc2ccccc2s1. The van der Waals surface area contributed by atoms with E-state index in [9.17, 15) is 13.2 Å². The Hall–Kier alpha value is -2.49. The Morgan fingerprint density at radius 3 is 2.63 bits per heavy atom. The summed E-state index contributed by atoms with van der Waals surface area (Å²) in [6, 6.07) is 12.5. The van der Waals surface area contributed by atoms with Crippen molar-refractivity contribution in [1.29, 1.82) is 0 Å². The first kappa shape index (κ1) is 22.2. The van der Waals surface area contributed by atoms with Crippen molar-refractivity contribution in [2.45, 2.75) is 30.6 Å². The molecule has 0 spiro atoms. The number of para-hydroxylation sites is 1. The number of rotatable bonds is 9. The molecular formula is C21H25N3O4S2. The molecule has 0 bridgehead atoms. The van der Waals surface area contributed by atoms with Crippen molar-refractivity contribution in [2.75, 3.05) is 26.5 Å². The van der Waals surface area contributed by atoms with Crippen LogP contribution >= 0.6 is 11.3 Å². The van der Waals surface area contributed by atoms with Crippen LogP contribution in [-0.4, -0.2) is 44.8 Å². The number of nitrogens with zero attached hydrogens (tertiary/aromatic N) is 2. The van der Waals surface area contributed by atoms with Crippen LogP contribution in [0.15, 0.2) is 47.4 Å². The van der Waals surface area contributed by atoms with Gasteiger partial charge in [0.25, 0.3) is 0 Å². The van der Waals surface area contributed by atoms with Crippen LogP contribution in [0.1, 0.15) is 24.3 Å². The lowest BCUT2D eigenvalue weighted by atomic mass is 10.2. The number of ether oxygens (including phenoxy) is 1. The van der Waals surface area contributed by atoms with E-state index in [0.717, 1.165) is 27.7 Å². The van der Waals surface area contributed by atoms with E-state index in [4.69, 9.17) is 4.74 Å². The van der Waals surface area contributed by atoms with Gasteiger partial charge in [0, 0.05) is 20.5 Å². The summed E-state index contributed by atoms with van der Waals surface area (Å²) < 4.78 is 32.2. The zero-order chi connectivity index (χ0) is 21.7. The summed E-state index contributed by atoms with van der Waals surface area (Å²) >= 11 is 1.68. The molecule has 3 rings (SSSR count). The number of carbonyl (C=O) groups is 1. The third-order valence-electron chi connectivity index (χ3n) is 4.61. The van der Waals surface area contributed by atoms with Gasteiger partial charge in [0.2, 0.25) is 15.9 Å². The molecule has 30 heavy (non-hydrogen) atoms. The number of fused-ring (bicyclic) bond motifs is 1. The molecule has 0 saturated carbocycles. The molecule has 0 unspecified atom stereocenters. The van der Waals surface area contributed by atoms with Gasteiger partial charge in [-0.1, -0.05) is 12.1 Å². The molecule has 1 N–H and O–H groups in total. The van der Waals surface area contributed by atoms with Gasteiger partial charge < -0.3 is 10.1 Å². The van der Waals surface area contributed by atoms with E-state index in [1.807, 2.05) is 18.2 Å². The van der Waals surface area contributed by atoms with Gasteiger partial charge in [-0.25, -0.2) is 17.7 Å². The van der Waals surface area contributed by atoms with Gasteiger partial charge in [0.05, 0.1) is 32.9 Å². The number of aromatic nitrogens is 1. The molecule has 0 aliphatic carbocycles. The van der Waals surface area contributed by atoms with Crippen LogP contribution < -0.4 is 10.1 Å². The van der Waals surface area contributed by atoms with Gasteiger partial charge in [-0.2, -0.15) is 0 Å². The molecule has 0 atom stereocenters. The highest BCUT2D eigenvalue weighted by molar-refractivity contribution is 7.89. The van der Waals surface area contributed by atoms with Crippen LogP contribution in [0.25, 0.3) is 10.2 Å². The summed E-state index contributed by atoms with van der Waals surface area (Å²) in [4.78, 5) is 17.1. The second-order valence-electron chi connectivity index (χ2n) is 6.98. The van der Waals surface area contributed by atoms with Crippen LogP contribution in [0.3, 0.4) is 0 Å². The minimum absolute atomic E-state index is 0.0967. The molecule has 2 aromatic carbocycles. The van der Waals surface area contributed by atoms with E-state index in [1.165, 1.54) is 38.0 Å². The molecular weight excluding hydrogens is 422 g/mol. The van der Waals surface area contributed by atoms with Gasteiger partial charge in [-0.15, -0.1) is 11.3 Å². The molecule has 160 valence electrons. The van der Waals surface area contributed by atoms with Crippen molar-refractivity contribution in [2.24, 2.45) is 0 Å². The van der Waals surface area contributed by atoms with Crippen molar-refractivity contribution < 1.29 is 17.9 Å². The first-order valence-corrected chi connectivity index (χ1v) is 11.8. The molecule has 0 aliphatic rings. The molecule has 1 aromatic heterocycles. The first-order chi connectivity index (χ1) is 14.3. The predicted octanol–water partition coefficient (Wildman–Crippen LogP) is 3.91. The average molecular weight is 448 g/mol. The highest BCUT2D eigenvalue weighted by Crippen LogP contribution is 2.29. The smallest absolute Gasteiger partial charge is 0.242 e. The highest BCUT2D eigenvalue weighted by Gasteiger charge is 2.19. The zero-order valence-electron chi connectivity index (χ0n) is 17.2. The van der Waals surface area contributed by atoms with E-state index < -0.39 is 10.0 Å². The number of anilines is 1. The number of hydrogen-bond acceptors (Lipinski definition) is 6. The summed E-state index contributed by atoms with van der Waals surface area (Å²) in [5.41, 5.74) is 1.35. The summed E-state index contributed by atoms with van der Waals surface area (Å²) in [7, 11) is 0.796. The Labute approximate surface area is 180 Å². The summed E-state index contributed by atoms with van der Waals surface area (Å²) in [5, 5.41) is 3.84. The third kappa shape index (κ3) is 5.16. The number of amides is 1. The number of benzene rings is 2. The number of methoxy groups -OCH3 is 1. The lowest BCUT2D eigenvalue weighted by Gasteiger charge is -2.15. The van der Waals surface area contributed by atoms with Gasteiger partial charge in [-0.05, 0) is 49.6 Å². The van der Waals surface area contributed by atoms with Crippen molar-refractivity contribution in [3.63, 3.8) is 0 Å². The monoisotopic (exact) mass is 447 g/mol. The molecule has 0 radical (unpaired) electrons. The van der Waals surface area contributed by atoms with E-state index in [0.29, 0.717) is 24.3 Å². The van der Waals surface area contributed by atoms with Crippen LogP contribution in [-0.2, 0) is 21.2 Å². The van der Waals surface area contributed by atoms with Gasteiger partial charge in [0.15, 0.2) is 0 Å². The molecule has 1 heterocycles. The number of aryl methyl sites for hydroxylation is 1. The number of carbonyl (C=O) groups excluding carboxylic acids is 1. The Bertz CT molecular complexity index is 1110. The Kier molecular flexibility index (Phi) is 7.06. The third-order valence-corrected chi connectivity index (χ3v) is 7.51. The standard InChI is InChI=1S/C21H25N3O4S2/c1-24(2)30(26,27)15-12-13-18(28-3)17(14-15)22-20(25)10-6-7-11-21-23-16-8-4-5-9-19(16)29-21/h4-5,8-9,12-14H,6-7,10-11H2,1-3H3,(H,22,25). The highest BCUT2D eigenvalue weighted by atomic mass is 32.2. The van der Waals surface area contributed by atoms with E-state index in [2.05, 4.69) is 16.4 Å². The zero-order valence-corrected chi connectivity index (χ0v) is 18.8. The van der Waals surface area contributed by atoms with E-state index in [-0.39, 0.29) is 10.8 Å². The van der Waals surface area contributed by atoms with Crippen molar-refractivity contribution in [3.05, 3.63) is 47.5 Å². The normalized spacial score (nSPS) is 11.7. The number of nitrogens with one attached hydrogen (secondary N) is 1. The van der Waals surface area contributed by atoms with E-state index >= 15 is 0 Å². The molecule has 0 saturated heterocycles. The first-order valence-electron chi connectivity index (χ1n) is 9.56. The minimum atomic E-state index is -3.60. The molecule has 0 fully saturated rings. The lowest BCUT2D eigenvalue weighted by Crippen LogP contribution is -2.22. The van der Waals surface area contributed by atoms with Crippen LogP contribution in [0.4, 0.5) is 5.69 Å². The molecule has 0 aliphatic heterocycles. The Morgan fingerprint density at radius 1 is 1.17 bits per heavy atom. The second kappa shape index (κ2) is 9.55. The van der Waals surface area contributed by atoms with Crippen LogP contribution in [0.5, 0.6) is 5.75 Å². The number of unbranched alkanes of at least 4 members (excludes halogenated alkanes) is 1. The fraction of sp³-hybridized carbons (Fsp3) is 0.333. The molecule has 3 aromatic rings. The number of sulfonamides is 1. The average Bonchev–Trinajstić information content (AvgIpc) is 3.14. The fourth-order valence-electron chi connectivity index (χ4n) is 2.96. The van der Waals surface area contributed by atoms with Gasteiger partial charge >= 0.3 is 0 Å².